The van der Waals surface area contributed by atoms with Gasteiger partial charge in [0.15, 0.2) is 0 Å². The van der Waals surface area contributed by atoms with Gasteiger partial charge in [0.1, 0.15) is 18.1 Å². The van der Waals surface area contributed by atoms with E-state index in [1.165, 1.54) is 0 Å². The van der Waals surface area contributed by atoms with Crippen molar-refractivity contribution in [1.82, 2.24) is 16.0 Å². The third-order valence-corrected chi connectivity index (χ3v) is 4.34. The van der Waals surface area contributed by atoms with Gasteiger partial charge in [0.05, 0.1) is 18.9 Å². The summed E-state index contributed by atoms with van der Waals surface area (Å²) in [6, 6.07) is -5.65. The van der Waals surface area contributed by atoms with Crippen LogP contribution in [0.25, 0.3) is 0 Å². The van der Waals surface area contributed by atoms with Crippen LogP contribution >= 0.6 is 0 Å². The maximum Gasteiger partial charge on any atom is 0.326 e. The Labute approximate surface area is 189 Å². The molecule has 0 fully saturated rings. The van der Waals surface area contributed by atoms with Gasteiger partial charge < -0.3 is 44.0 Å². The van der Waals surface area contributed by atoms with Gasteiger partial charge in [-0.3, -0.25) is 28.8 Å². The largest absolute Gasteiger partial charge is 0.480 e. The monoisotopic (exact) mass is 473 g/mol. The molecule has 0 heterocycles. The number of hydrogen-bond donors (Lipinski definition) is 8. The number of carbonyl (C=O) groups excluding carboxylic acids is 6. The number of primary amides is 3. The molecule has 33 heavy (non-hydrogen) atoms. The summed E-state index contributed by atoms with van der Waals surface area (Å²) in [5.41, 5.74) is 20.6. The minimum Gasteiger partial charge on any atom is -0.480 e. The van der Waals surface area contributed by atoms with Crippen molar-refractivity contribution >= 4 is 41.4 Å². The smallest absolute Gasteiger partial charge is 0.326 e. The molecular weight excluding hydrogens is 442 g/mol. The maximum atomic E-state index is 12.7. The Kier molecular flexibility index (Phi) is 12.1. The molecule has 0 rings (SSSR count). The Hall–Kier alpha value is -3.75. The molecule has 12 N–H and O–H groups in total. The Morgan fingerprint density at radius 3 is 1.67 bits per heavy atom. The Morgan fingerprint density at radius 1 is 0.727 bits per heavy atom. The molecule has 0 aliphatic carbocycles. The first-order valence-corrected chi connectivity index (χ1v) is 9.90. The van der Waals surface area contributed by atoms with E-state index in [4.69, 9.17) is 22.9 Å². The zero-order valence-electron chi connectivity index (χ0n) is 18.3. The topological polar surface area (TPSA) is 280 Å². The first kappa shape index (κ1) is 29.2. The van der Waals surface area contributed by atoms with E-state index in [2.05, 4.69) is 16.0 Å². The highest BCUT2D eigenvalue weighted by Crippen LogP contribution is 2.06. The minimum absolute atomic E-state index is 0.271. The zero-order chi connectivity index (χ0) is 25.9. The molecule has 4 unspecified atom stereocenters. The van der Waals surface area contributed by atoms with Gasteiger partial charge >= 0.3 is 5.97 Å². The molecule has 0 radical (unpaired) electrons. The quantitative estimate of drug-likeness (QED) is 0.114. The molecule has 0 spiro atoms. The average molecular weight is 473 g/mol. The number of nitrogens with two attached hydrogens (primary N) is 4. The highest BCUT2D eigenvalue weighted by molar-refractivity contribution is 5.97. The standard InChI is InChI=1S/C18H31N7O8/c1-7(2)14(17(31)23-9(18(32)33)3-4-11(20)26)25-16(30)10(6-13(22)28)24-15(29)8(19)5-12(21)27/h7-10,14H,3-6,19H2,1-2H3,(H2,20,26)(H2,21,27)(H2,22,28)(H,23,31)(H,24,29)(H,25,30)(H,32,33). The Balaban J connectivity index is 5.45. The summed E-state index contributed by atoms with van der Waals surface area (Å²) in [6.07, 6.45) is -1.74. The lowest BCUT2D eigenvalue weighted by molar-refractivity contribution is -0.143. The second kappa shape index (κ2) is 13.6. The third-order valence-electron chi connectivity index (χ3n) is 4.34. The van der Waals surface area contributed by atoms with Crippen LogP contribution in [0.2, 0.25) is 0 Å². The van der Waals surface area contributed by atoms with Crippen molar-refractivity contribution in [3.8, 4) is 0 Å². The lowest BCUT2D eigenvalue weighted by atomic mass is 10.0. The lowest BCUT2D eigenvalue weighted by Crippen LogP contribution is -2.59. The van der Waals surface area contributed by atoms with Gasteiger partial charge in [0, 0.05) is 6.42 Å². The minimum atomic E-state index is -1.53. The molecular formula is C18H31N7O8. The summed E-state index contributed by atoms with van der Waals surface area (Å²) in [6.45, 7) is 3.10. The molecule has 0 aromatic heterocycles. The Bertz CT molecular complexity index is 786. The first-order valence-electron chi connectivity index (χ1n) is 9.90. The van der Waals surface area contributed by atoms with E-state index in [0.717, 1.165) is 0 Å². The van der Waals surface area contributed by atoms with Gasteiger partial charge in [-0.15, -0.1) is 0 Å². The second-order valence-corrected chi connectivity index (χ2v) is 7.64. The molecule has 6 amide bonds. The molecule has 4 atom stereocenters. The summed E-state index contributed by atoms with van der Waals surface area (Å²) < 4.78 is 0. The number of carboxylic acid groups (broad SMARTS) is 1. The number of aliphatic carboxylic acids is 1. The molecule has 0 saturated carbocycles. The fourth-order valence-electron chi connectivity index (χ4n) is 2.59. The van der Waals surface area contributed by atoms with Gasteiger partial charge in [0.2, 0.25) is 35.4 Å². The average Bonchev–Trinajstić information content (AvgIpc) is 2.66. The summed E-state index contributed by atoms with van der Waals surface area (Å²) >= 11 is 0. The van der Waals surface area contributed by atoms with Crippen LogP contribution in [0.5, 0.6) is 0 Å². The van der Waals surface area contributed by atoms with Crippen LogP contribution in [0.15, 0.2) is 0 Å². The number of carboxylic acids is 1. The predicted octanol–water partition coefficient (Wildman–Crippen LogP) is -4.48. The van der Waals surface area contributed by atoms with Crippen LogP contribution in [0.1, 0.15) is 39.5 Å². The van der Waals surface area contributed by atoms with Crippen LogP contribution in [0.3, 0.4) is 0 Å². The summed E-state index contributed by atoms with van der Waals surface area (Å²) in [4.78, 5) is 82.0. The molecule has 0 aromatic rings. The van der Waals surface area contributed by atoms with Crippen LogP contribution in [-0.2, 0) is 33.6 Å². The highest BCUT2D eigenvalue weighted by Gasteiger charge is 2.32. The number of nitrogens with one attached hydrogen (secondary N) is 3. The van der Waals surface area contributed by atoms with Crippen molar-refractivity contribution in [2.75, 3.05) is 0 Å². The molecule has 0 aliphatic rings. The first-order chi connectivity index (χ1) is 15.1. The normalized spacial score (nSPS) is 14.3. The third kappa shape index (κ3) is 11.4. The SMILES string of the molecule is CC(C)C(NC(=O)C(CC(N)=O)NC(=O)C(N)CC(N)=O)C(=O)NC(CCC(N)=O)C(=O)O. The van der Waals surface area contributed by atoms with Crippen LogP contribution in [0, 0.1) is 5.92 Å². The fraction of sp³-hybridized carbons (Fsp3) is 0.611. The van der Waals surface area contributed by atoms with Crippen molar-refractivity contribution in [1.29, 1.82) is 0 Å². The molecule has 0 saturated heterocycles. The van der Waals surface area contributed by atoms with Crippen LogP contribution < -0.4 is 38.9 Å². The van der Waals surface area contributed by atoms with Crippen LogP contribution in [0.4, 0.5) is 0 Å². The van der Waals surface area contributed by atoms with E-state index in [1.54, 1.807) is 13.8 Å². The van der Waals surface area contributed by atoms with E-state index < -0.39 is 84.3 Å². The lowest BCUT2D eigenvalue weighted by Gasteiger charge is -2.26. The number of carbonyl (C=O) groups is 7. The van der Waals surface area contributed by atoms with E-state index in [1.807, 2.05) is 0 Å². The number of amides is 6. The van der Waals surface area contributed by atoms with E-state index in [9.17, 15) is 38.7 Å². The molecule has 15 heteroatoms. The van der Waals surface area contributed by atoms with E-state index in [-0.39, 0.29) is 12.8 Å². The summed E-state index contributed by atoms with van der Waals surface area (Å²) in [5, 5.41) is 15.9. The molecule has 15 nitrogen and oxygen atoms in total. The van der Waals surface area contributed by atoms with Crippen LogP contribution in [-0.4, -0.2) is 70.7 Å². The maximum absolute atomic E-state index is 12.7. The van der Waals surface area contributed by atoms with Crippen molar-refractivity contribution in [2.45, 2.75) is 63.7 Å². The number of hydrogen-bond acceptors (Lipinski definition) is 8. The summed E-state index contributed by atoms with van der Waals surface area (Å²) in [5.74, 6) is -7.38. The van der Waals surface area contributed by atoms with Gasteiger partial charge in [-0.05, 0) is 12.3 Å². The van der Waals surface area contributed by atoms with Crippen molar-refractivity contribution in [3.05, 3.63) is 0 Å². The van der Waals surface area contributed by atoms with E-state index >= 15 is 0 Å². The fourth-order valence-corrected chi connectivity index (χ4v) is 2.59. The molecule has 0 aromatic carbocycles. The summed E-state index contributed by atoms with van der Waals surface area (Å²) in [7, 11) is 0. The molecule has 0 aliphatic heterocycles. The van der Waals surface area contributed by atoms with Gasteiger partial charge in [-0.25, -0.2) is 4.79 Å². The zero-order valence-corrected chi connectivity index (χ0v) is 18.3. The van der Waals surface area contributed by atoms with Crippen molar-refractivity contribution in [2.24, 2.45) is 28.9 Å². The van der Waals surface area contributed by atoms with Crippen molar-refractivity contribution in [3.63, 3.8) is 0 Å². The van der Waals surface area contributed by atoms with Gasteiger partial charge in [-0.2, -0.15) is 0 Å². The van der Waals surface area contributed by atoms with Gasteiger partial charge in [0.25, 0.3) is 0 Å². The molecule has 186 valence electrons. The second-order valence-electron chi connectivity index (χ2n) is 7.64. The number of rotatable bonds is 15. The van der Waals surface area contributed by atoms with Crippen molar-refractivity contribution < 1.29 is 38.7 Å². The van der Waals surface area contributed by atoms with E-state index in [0.29, 0.717) is 0 Å². The van der Waals surface area contributed by atoms with Gasteiger partial charge in [-0.1, -0.05) is 13.8 Å². The Morgan fingerprint density at radius 2 is 1.24 bits per heavy atom. The highest BCUT2D eigenvalue weighted by atomic mass is 16.4. The predicted molar refractivity (Wildman–Crippen MR) is 112 cm³/mol. The molecule has 0 bridgehead atoms.